The molecule has 1 N–H and O–H groups in total. The number of aryl methyl sites for hydroxylation is 3. The highest BCUT2D eigenvalue weighted by atomic mass is 35.5. The molecule has 35 heavy (non-hydrogen) atoms. The normalized spacial score (nSPS) is 12.6. The topological polar surface area (TPSA) is 47.3 Å². The van der Waals surface area contributed by atoms with Crippen LogP contribution in [0.2, 0.25) is 5.02 Å². The molecule has 0 amide bonds. The molecule has 0 spiro atoms. The Morgan fingerprint density at radius 1 is 1.00 bits per heavy atom. The second kappa shape index (κ2) is 9.30. The molecule has 4 rings (SSSR count). The lowest BCUT2D eigenvalue weighted by molar-refractivity contribution is -0.141. The summed E-state index contributed by atoms with van der Waals surface area (Å²) < 4.78 is 47.1. The summed E-state index contributed by atoms with van der Waals surface area (Å²) >= 11 is 6.21. The quantitative estimate of drug-likeness (QED) is 0.303. The molecule has 0 saturated heterocycles. The summed E-state index contributed by atoms with van der Waals surface area (Å²) in [5.41, 5.74) is 3.12. The largest absolute Gasteiger partial charge is 0.506 e. The Morgan fingerprint density at radius 3 is 2.29 bits per heavy atom. The number of ether oxygens (including phenoxy) is 1. The van der Waals surface area contributed by atoms with Crippen molar-refractivity contribution in [1.29, 1.82) is 0 Å². The zero-order chi connectivity index (χ0) is 25.5. The van der Waals surface area contributed by atoms with Crippen molar-refractivity contribution in [3.05, 3.63) is 88.1 Å². The molecule has 0 fully saturated rings. The number of rotatable bonds is 5. The molecule has 0 bridgehead atoms. The number of halogens is 4. The Kier molecular flexibility index (Phi) is 6.56. The van der Waals surface area contributed by atoms with E-state index in [0.29, 0.717) is 21.9 Å². The van der Waals surface area contributed by atoms with Gasteiger partial charge in [-0.3, -0.25) is 4.68 Å². The van der Waals surface area contributed by atoms with Crippen LogP contribution in [0.25, 0.3) is 22.4 Å². The Labute approximate surface area is 206 Å². The van der Waals surface area contributed by atoms with Crippen molar-refractivity contribution in [2.45, 2.75) is 33.1 Å². The van der Waals surface area contributed by atoms with Crippen LogP contribution in [0.3, 0.4) is 0 Å². The molecule has 4 aromatic rings. The first-order valence-electron chi connectivity index (χ1n) is 10.9. The molecule has 182 valence electrons. The molecule has 0 radical (unpaired) electrons. The molecule has 1 unspecified atom stereocenters. The summed E-state index contributed by atoms with van der Waals surface area (Å²) in [6, 6.07) is 17.3. The van der Waals surface area contributed by atoms with E-state index >= 15 is 0 Å². The fraction of sp³-hybridized carbons (Fsp3) is 0.222. The smallest absolute Gasteiger partial charge is 0.435 e. The predicted octanol–water partition coefficient (Wildman–Crippen LogP) is 7.89. The summed E-state index contributed by atoms with van der Waals surface area (Å²) in [7, 11) is 1.40. The molecule has 0 aliphatic carbocycles. The van der Waals surface area contributed by atoms with E-state index in [4.69, 9.17) is 16.3 Å². The highest BCUT2D eigenvalue weighted by molar-refractivity contribution is 6.31. The molecule has 0 aliphatic heterocycles. The molecule has 4 nitrogen and oxygen atoms in total. The van der Waals surface area contributed by atoms with Gasteiger partial charge in [-0.1, -0.05) is 47.5 Å². The highest BCUT2D eigenvalue weighted by Gasteiger charge is 2.35. The van der Waals surface area contributed by atoms with E-state index in [1.165, 1.54) is 13.1 Å². The van der Waals surface area contributed by atoms with E-state index in [1.807, 2.05) is 45.0 Å². The maximum atomic E-state index is 13.2. The van der Waals surface area contributed by atoms with Crippen LogP contribution < -0.4 is 4.74 Å². The minimum absolute atomic E-state index is 0.125. The van der Waals surface area contributed by atoms with Gasteiger partial charge >= 0.3 is 6.18 Å². The maximum Gasteiger partial charge on any atom is 0.435 e. The van der Waals surface area contributed by atoms with Crippen molar-refractivity contribution in [3.8, 4) is 33.9 Å². The fourth-order valence-electron chi connectivity index (χ4n) is 3.91. The number of hydrogen-bond donors (Lipinski definition) is 1. The van der Waals surface area contributed by atoms with Gasteiger partial charge in [0.2, 0.25) is 0 Å². The zero-order valence-electron chi connectivity index (χ0n) is 19.6. The van der Waals surface area contributed by atoms with Crippen molar-refractivity contribution in [3.63, 3.8) is 0 Å². The fourth-order valence-corrected chi connectivity index (χ4v) is 4.03. The van der Waals surface area contributed by atoms with Crippen LogP contribution in [0, 0.1) is 13.8 Å². The van der Waals surface area contributed by atoms with Gasteiger partial charge in [0, 0.05) is 17.6 Å². The summed E-state index contributed by atoms with van der Waals surface area (Å²) in [4.78, 5) is 0. The summed E-state index contributed by atoms with van der Waals surface area (Å²) in [5.74, 6) is 0.177. The van der Waals surface area contributed by atoms with Crippen molar-refractivity contribution in [2.24, 2.45) is 7.05 Å². The lowest BCUT2D eigenvalue weighted by Crippen LogP contribution is -2.06. The molecule has 1 heterocycles. The average Bonchev–Trinajstić information content (AvgIpc) is 3.18. The van der Waals surface area contributed by atoms with E-state index in [2.05, 4.69) is 5.10 Å². The zero-order valence-corrected chi connectivity index (χ0v) is 20.4. The number of benzene rings is 3. The Morgan fingerprint density at radius 2 is 1.69 bits per heavy atom. The second-order valence-electron chi connectivity index (χ2n) is 8.51. The van der Waals surface area contributed by atoms with Crippen molar-refractivity contribution >= 4 is 11.6 Å². The van der Waals surface area contributed by atoms with E-state index in [0.717, 1.165) is 27.4 Å². The van der Waals surface area contributed by atoms with E-state index < -0.39 is 11.9 Å². The van der Waals surface area contributed by atoms with Gasteiger partial charge < -0.3 is 9.84 Å². The van der Waals surface area contributed by atoms with Gasteiger partial charge in [0.1, 0.15) is 17.6 Å². The molecule has 0 saturated carbocycles. The van der Waals surface area contributed by atoms with Crippen LogP contribution in [0.5, 0.6) is 11.5 Å². The molecule has 0 aliphatic rings. The number of hydrogen-bond acceptors (Lipinski definition) is 3. The molecular formula is C27H24ClF3N2O2. The first-order chi connectivity index (χ1) is 16.5. The number of phenolic OH excluding ortho intramolecular Hbond substituents is 1. The van der Waals surface area contributed by atoms with Crippen molar-refractivity contribution in [1.82, 2.24) is 9.78 Å². The number of nitrogens with zero attached hydrogens (tertiary/aromatic N) is 2. The number of alkyl halides is 3. The lowest BCUT2D eigenvalue weighted by Gasteiger charge is -2.21. The number of aromatic nitrogens is 2. The van der Waals surface area contributed by atoms with E-state index in [1.54, 1.807) is 24.3 Å². The summed E-state index contributed by atoms with van der Waals surface area (Å²) in [5, 5.41) is 15.5. The minimum atomic E-state index is -4.60. The third kappa shape index (κ3) is 5.00. The van der Waals surface area contributed by atoms with Crippen molar-refractivity contribution < 1.29 is 23.0 Å². The Hall–Kier alpha value is -3.45. The van der Waals surface area contributed by atoms with Gasteiger partial charge in [-0.2, -0.15) is 18.3 Å². The standard InChI is InChI=1S/C27H24ClF3N2O2/c1-15-5-7-18(8-6-15)17(3)35-23-12-10-20(22-14-24(27(29,30)31)32-33(22)4)26(34)25(23)19-9-11-21(28)16(2)13-19/h5-14,17,34H,1-4H3. The SMILES string of the molecule is Cc1ccc(C(C)Oc2ccc(-c3cc(C(F)(F)F)nn3C)c(O)c2-c2ccc(Cl)c(C)c2)cc1. The lowest BCUT2D eigenvalue weighted by atomic mass is 9.97. The Bertz CT molecular complexity index is 1380. The molecule has 8 heteroatoms. The third-order valence-corrected chi connectivity index (χ3v) is 6.31. The summed E-state index contributed by atoms with van der Waals surface area (Å²) in [6.07, 6.45) is -4.95. The number of aromatic hydroxyl groups is 1. The monoisotopic (exact) mass is 500 g/mol. The Balaban J connectivity index is 1.86. The van der Waals surface area contributed by atoms with Gasteiger partial charge in [0.05, 0.1) is 11.3 Å². The molecular weight excluding hydrogens is 477 g/mol. The van der Waals surface area contributed by atoms with Gasteiger partial charge in [0.15, 0.2) is 5.69 Å². The van der Waals surface area contributed by atoms with Gasteiger partial charge in [-0.25, -0.2) is 0 Å². The van der Waals surface area contributed by atoms with Crippen molar-refractivity contribution in [2.75, 3.05) is 0 Å². The van der Waals surface area contributed by atoms with Gasteiger partial charge in [0.25, 0.3) is 0 Å². The number of phenols is 1. The van der Waals surface area contributed by atoms with Crippen LogP contribution in [0.15, 0.2) is 60.7 Å². The van der Waals surface area contributed by atoms with Gasteiger partial charge in [-0.05, 0) is 67.8 Å². The predicted molar refractivity (Wildman–Crippen MR) is 131 cm³/mol. The third-order valence-electron chi connectivity index (χ3n) is 5.88. The minimum Gasteiger partial charge on any atom is -0.506 e. The average molecular weight is 501 g/mol. The molecule has 1 aromatic heterocycles. The first kappa shape index (κ1) is 24.7. The second-order valence-corrected chi connectivity index (χ2v) is 8.91. The van der Waals surface area contributed by atoms with E-state index in [-0.39, 0.29) is 23.1 Å². The first-order valence-corrected chi connectivity index (χ1v) is 11.3. The maximum absolute atomic E-state index is 13.2. The van der Waals surface area contributed by atoms with Crippen LogP contribution in [0.1, 0.15) is 35.4 Å². The van der Waals surface area contributed by atoms with E-state index in [9.17, 15) is 18.3 Å². The van der Waals surface area contributed by atoms with Crippen LogP contribution >= 0.6 is 11.6 Å². The van der Waals surface area contributed by atoms with Crippen LogP contribution in [-0.2, 0) is 13.2 Å². The highest BCUT2D eigenvalue weighted by Crippen LogP contribution is 2.46. The molecule has 1 atom stereocenters. The summed E-state index contributed by atoms with van der Waals surface area (Å²) in [6.45, 7) is 5.72. The van der Waals surface area contributed by atoms with Gasteiger partial charge in [-0.15, -0.1) is 0 Å². The molecule has 3 aromatic carbocycles. The van der Waals surface area contributed by atoms with Crippen LogP contribution in [0.4, 0.5) is 13.2 Å². The van der Waals surface area contributed by atoms with Crippen LogP contribution in [-0.4, -0.2) is 14.9 Å².